The van der Waals surface area contributed by atoms with Crippen LogP contribution in [0, 0.1) is 0 Å². The highest BCUT2D eigenvalue weighted by Gasteiger charge is 2.32. The zero-order chi connectivity index (χ0) is 14.3. The van der Waals surface area contributed by atoms with Gasteiger partial charge in [0.25, 0.3) is 5.56 Å². The Morgan fingerprint density at radius 3 is 2.65 bits per heavy atom. The van der Waals surface area contributed by atoms with Crippen LogP contribution in [0.3, 0.4) is 0 Å². The highest BCUT2D eigenvalue weighted by Crippen LogP contribution is 2.42. The molecule has 0 amide bonds. The number of para-hydroxylation sites is 1. The predicted molar refractivity (Wildman–Crippen MR) is 81.7 cm³/mol. The van der Waals surface area contributed by atoms with Gasteiger partial charge in [0.05, 0.1) is 16.4 Å². The van der Waals surface area contributed by atoms with Gasteiger partial charge < -0.3 is 5.73 Å². The molecule has 0 bridgehead atoms. The van der Waals surface area contributed by atoms with Crippen molar-refractivity contribution in [1.29, 1.82) is 0 Å². The van der Waals surface area contributed by atoms with E-state index < -0.39 is 0 Å². The molecule has 3 rings (SSSR count). The number of aromatic nitrogens is 2. The molecule has 1 heterocycles. The van der Waals surface area contributed by atoms with Crippen molar-refractivity contribution < 1.29 is 0 Å². The standard InChI is InChI=1S/C15H18ClN3O/c1-2-9-18-14(10-7-8-10)13(17)15(20)19(18)12-6-4-3-5-11(12)16/h3-6,10H,2,7-9,17H2,1H3. The average molecular weight is 292 g/mol. The Morgan fingerprint density at radius 2 is 2.05 bits per heavy atom. The van der Waals surface area contributed by atoms with E-state index in [1.807, 2.05) is 22.9 Å². The van der Waals surface area contributed by atoms with Gasteiger partial charge in [0.15, 0.2) is 0 Å². The monoisotopic (exact) mass is 291 g/mol. The molecule has 1 aliphatic carbocycles. The maximum absolute atomic E-state index is 12.5. The van der Waals surface area contributed by atoms with E-state index in [2.05, 4.69) is 6.92 Å². The van der Waals surface area contributed by atoms with Gasteiger partial charge >= 0.3 is 0 Å². The Bertz CT molecular complexity index is 698. The minimum absolute atomic E-state index is 0.159. The predicted octanol–water partition coefficient (Wildman–Crippen LogP) is 3.16. The Kier molecular flexibility index (Phi) is 3.34. The summed E-state index contributed by atoms with van der Waals surface area (Å²) >= 11 is 6.25. The lowest BCUT2D eigenvalue weighted by molar-refractivity contribution is 0.515. The number of nitrogens with zero attached hydrogens (tertiary/aromatic N) is 2. The van der Waals surface area contributed by atoms with E-state index in [0.29, 0.717) is 22.3 Å². The molecule has 1 fully saturated rings. The smallest absolute Gasteiger partial charge is 0.294 e. The zero-order valence-electron chi connectivity index (χ0n) is 11.5. The summed E-state index contributed by atoms with van der Waals surface area (Å²) in [5.41, 5.74) is 7.97. The third-order valence-corrected chi connectivity index (χ3v) is 4.02. The second-order valence-corrected chi connectivity index (χ2v) is 5.67. The van der Waals surface area contributed by atoms with Gasteiger partial charge in [-0.1, -0.05) is 30.7 Å². The number of nitrogens with two attached hydrogens (primary N) is 1. The summed E-state index contributed by atoms with van der Waals surface area (Å²) in [5.74, 6) is 0.429. The van der Waals surface area contributed by atoms with Crippen LogP contribution in [0.2, 0.25) is 5.02 Å². The van der Waals surface area contributed by atoms with Gasteiger partial charge in [0.1, 0.15) is 5.69 Å². The summed E-state index contributed by atoms with van der Waals surface area (Å²) in [5, 5.41) is 0.562. The molecule has 5 heteroatoms. The highest BCUT2D eigenvalue weighted by molar-refractivity contribution is 6.32. The van der Waals surface area contributed by atoms with Crippen molar-refractivity contribution in [2.45, 2.75) is 38.6 Å². The van der Waals surface area contributed by atoms with Crippen LogP contribution in [-0.4, -0.2) is 9.36 Å². The van der Waals surface area contributed by atoms with Gasteiger partial charge in [-0.15, -0.1) is 0 Å². The molecule has 0 aliphatic heterocycles. The van der Waals surface area contributed by atoms with Crippen molar-refractivity contribution in [3.05, 3.63) is 45.3 Å². The normalized spacial score (nSPS) is 14.7. The van der Waals surface area contributed by atoms with Crippen LogP contribution in [0.25, 0.3) is 5.69 Å². The fraction of sp³-hybridized carbons (Fsp3) is 0.400. The molecular formula is C15H18ClN3O. The molecule has 2 aromatic rings. The number of halogens is 1. The van der Waals surface area contributed by atoms with E-state index in [0.717, 1.165) is 31.5 Å². The van der Waals surface area contributed by atoms with Gasteiger partial charge in [-0.2, -0.15) is 0 Å². The minimum atomic E-state index is -0.159. The summed E-state index contributed by atoms with van der Waals surface area (Å²) in [6, 6.07) is 7.38. The van der Waals surface area contributed by atoms with E-state index in [9.17, 15) is 4.79 Å². The number of anilines is 1. The first kappa shape index (κ1) is 13.3. The second kappa shape index (κ2) is 5.02. The molecule has 0 atom stereocenters. The summed E-state index contributed by atoms with van der Waals surface area (Å²) in [6.07, 6.45) is 3.16. The van der Waals surface area contributed by atoms with E-state index in [4.69, 9.17) is 17.3 Å². The molecule has 2 N–H and O–H groups in total. The Labute approximate surface area is 122 Å². The van der Waals surface area contributed by atoms with Crippen molar-refractivity contribution in [2.75, 3.05) is 5.73 Å². The number of rotatable bonds is 4. The van der Waals surface area contributed by atoms with Gasteiger partial charge in [0, 0.05) is 12.5 Å². The number of nitrogen functional groups attached to an aromatic ring is 1. The third kappa shape index (κ3) is 2.04. The maximum atomic E-state index is 12.5. The van der Waals surface area contributed by atoms with Gasteiger partial charge in [0.2, 0.25) is 0 Å². The quantitative estimate of drug-likeness (QED) is 0.941. The maximum Gasteiger partial charge on any atom is 0.294 e. The topological polar surface area (TPSA) is 52.9 Å². The lowest BCUT2D eigenvalue weighted by Gasteiger charge is -2.14. The first-order chi connectivity index (χ1) is 9.65. The highest BCUT2D eigenvalue weighted by atomic mass is 35.5. The van der Waals surface area contributed by atoms with Crippen molar-refractivity contribution in [3.8, 4) is 5.69 Å². The number of hydrogen-bond acceptors (Lipinski definition) is 2. The lowest BCUT2D eigenvalue weighted by Crippen LogP contribution is -2.22. The molecular weight excluding hydrogens is 274 g/mol. The summed E-state index contributed by atoms with van der Waals surface area (Å²) < 4.78 is 3.64. The zero-order valence-corrected chi connectivity index (χ0v) is 12.2. The van der Waals surface area contributed by atoms with Crippen LogP contribution in [0.1, 0.15) is 37.8 Å². The molecule has 1 aromatic heterocycles. The Balaban J connectivity index is 2.27. The average Bonchev–Trinajstić information content (AvgIpc) is 3.22. The first-order valence-electron chi connectivity index (χ1n) is 7.01. The molecule has 1 saturated carbocycles. The minimum Gasteiger partial charge on any atom is -0.393 e. The second-order valence-electron chi connectivity index (χ2n) is 5.26. The summed E-state index contributed by atoms with van der Waals surface area (Å²) in [7, 11) is 0. The Morgan fingerprint density at radius 1 is 1.35 bits per heavy atom. The van der Waals surface area contributed by atoms with Crippen molar-refractivity contribution in [2.24, 2.45) is 0 Å². The molecule has 20 heavy (non-hydrogen) atoms. The van der Waals surface area contributed by atoms with Crippen LogP contribution in [0.15, 0.2) is 29.1 Å². The van der Waals surface area contributed by atoms with E-state index in [-0.39, 0.29) is 5.56 Å². The van der Waals surface area contributed by atoms with Crippen molar-refractivity contribution in [1.82, 2.24) is 9.36 Å². The van der Waals surface area contributed by atoms with Gasteiger partial charge in [-0.25, -0.2) is 4.68 Å². The third-order valence-electron chi connectivity index (χ3n) is 3.70. The molecule has 106 valence electrons. The summed E-state index contributed by atoms with van der Waals surface area (Å²) in [6.45, 7) is 2.86. The fourth-order valence-electron chi connectivity index (χ4n) is 2.66. The number of hydrogen-bond donors (Lipinski definition) is 1. The van der Waals surface area contributed by atoms with E-state index in [1.165, 1.54) is 0 Å². The first-order valence-corrected chi connectivity index (χ1v) is 7.39. The summed E-state index contributed by atoms with van der Waals surface area (Å²) in [4.78, 5) is 12.5. The molecule has 0 unspecified atom stereocenters. The van der Waals surface area contributed by atoms with Crippen LogP contribution < -0.4 is 11.3 Å². The van der Waals surface area contributed by atoms with Crippen LogP contribution >= 0.6 is 11.6 Å². The molecule has 0 radical (unpaired) electrons. The van der Waals surface area contributed by atoms with E-state index >= 15 is 0 Å². The van der Waals surface area contributed by atoms with E-state index in [1.54, 1.807) is 10.7 Å². The van der Waals surface area contributed by atoms with Crippen molar-refractivity contribution in [3.63, 3.8) is 0 Å². The van der Waals surface area contributed by atoms with Crippen molar-refractivity contribution >= 4 is 17.3 Å². The molecule has 4 nitrogen and oxygen atoms in total. The van der Waals surface area contributed by atoms with Crippen LogP contribution in [-0.2, 0) is 6.54 Å². The van der Waals surface area contributed by atoms with Gasteiger partial charge in [-0.05, 0) is 31.4 Å². The SMILES string of the molecule is CCCn1c(C2CC2)c(N)c(=O)n1-c1ccccc1Cl. The molecule has 0 saturated heterocycles. The lowest BCUT2D eigenvalue weighted by atomic mass is 10.2. The fourth-order valence-corrected chi connectivity index (χ4v) is 2.88. The molecule has 1 aliphatic rings. The molecule has 1 aromatic carbocycles. The van der Waals surface area contributed by atoms with Crippen LogP contribution in [0.5, 0.6) is 0 Å². The number of benzene rings is 1. The Hall–Kier alpha value is -1.68. The largest absolute Gasteiger partial charge is 0.393 e. The van der Waals surface area contributed by atoms with Gasteiger partial charge in [-0.3, -0.25) is 9.48 Å². The van der Waals surface area contributed by atoms with Crippen LogP contribution in [0.4, 0.5) is 5.69 Å². The molecule has 0 spiro atoms.